The fraction of sp³-hybridized carbons (Fsp3) is 0.333. The van der Waals surface area contributed by atoms with Crippen LogP contribution in [0.1, 0.15) is 0 Å². The van der Waals surface area contributed by atoms with Crippen LogP contribution in [0, 0.1) is 0 Å². The van der Waals surface area contributed by atoms with E-state index in [1.54, 1.807) is 0 Å². The third kappa shape index (κ3) is 3.26. The van der Waals surface area contributed by atoms with Gasteiger partial charge >= 0.3 is 12.1 Å². The number of aromatic hydroxyl groups is 1. The highest BCUT2D eigenvalue weighted by atomic mass is 32.2. The molecule has 0 aliphatic rings. The van der Waals surface area contributed by atoms with Crippen LogP contribution >= 0.6 is 11.8 Å². The van der Waals surface area contributed by atoms with Crippen LogP contribution in [0.25, 0.3) is 0 Å². The molecule has 90 valence electrons. The van der Waals surface area contributed by atoms with Crippen molar-refractivity contribution >= 4 is 11.8 Å². The molecular formula is C9H7F5OS. The Morgan fingerprint density at radius 2 is 1.50 bits per heavy atom. The standard InChI is InChI=1S/C9H7F5OS/c10-8(11,9(12,13)14)5-16-7-3-1-6(15)2-4-7/h1-4,15H,5H2. The predicted molar refractivity (Wildman–Crippen MR) is 49.8 cm³/mol. The molecule has 0 aliphatic heterocycles. The van der Waals surface area contributed by atoms with Crippen molar-refractivity contribution in [3.05, 3.63) is 24.3 Å². The van der Waals surface area contributed by atoms with Crippen LogP contribution in [0.2, 0.25) is 0 Å². The van der Waals surface area contributed by atoms with E-state index in [4.69, 9.17) is 5.11 Å². The van der Waals surface area contributed by atoms with Crippen LogP contribution in [-0.2, 0) is 0 Å². The molecule has 0 aliphatic carbocycles. The number of alkyl halides is 5. The van der Waals surface area contributed by atoms with Crippen molar-refractivity contribution in [2.75, 3.05) is 5.75 Å². The molecule has 0 radical (unpaired) electrons. The summed E-state index contributed by atoms with van der Waals surface area (Å²) in [6, 6.07) is 4.97. The number of benzene rings is 1. The molecule has 0 spiro atoms. The van der Waals surface area contributed by atoms with Gasteiger partial charge in [0, 0.05) is 4.90 Å². The molecule has 1 aromatic rings. The van der Waals surface area contributed by atoms with Crippen LogP contribution in [0.5, 0.6) is 5.75 Å². The lowest BCUT2D eigenvalue weighted by molar-refractivity contribution is -0.271. The zero-order chi connectivity index (χ0) is 12.4. The summed E-state index contributed by atoms with van der Waals surface area (Å²) in [5.41, 5.74) is 0. The highest BCUT2D eigenvalue weighted by molar-refractivity contribution is 7.99. The molecule has 0 saturated heterocycles. The van der Waals surface area contributed by atoms with Crippen molar-refractivity contribution < 1.29 is 27.1 Å². The van der Waals surface area contributed by atoms with E-state index in [-0.39, 0.29) is 10.6 Å². The fourth-order valence-electron chi connectivity index (χ4n) is 0.798. The Morgan fingerprint density at radius 3 is 1.94 bits per heavy atom. The monoisotopic (exact) mass is 258 g/mol. The number of hydrogen-bond donors (Lipinski definition) is 1. The van der Waals surface area contributed by atoms with E-state index in [0.29, 0.717) is 11.8 Å². The summed E-state index contributed by atoms with van der Waals surface area (Å²) in [5, 5.41) is 8.88. The van der Waals surface area contributed by atoms with E-state index >= 15 is 0 Å². The highest BCUT2D eigenvalue weighted by Crippen LogP contribution is 2.39. The molecule has 0 atom stereocenters. The summed E-state index contributed by atoms with van der Waals surface area (Å²) in [7, 11) is 0. The Labute approximate surface area is 92.3 Å². The van der Waals surface area contributed by atoms with Crippen molar-refractivity contribution in [1.82, 2.24) is 0 Å². The quantitative estimate of drug-likeness (QED) is 0.659. The van der Waals surface area contributed by atoms with Gasteiger partial charge in [0.1, 0.15) is 5.75 Å². The van der Waals surface area contributed by atoms with E-state index in [2.05, 4.69) is 0 Å². The third-order valence-corrected chi connectivity index (χ3v) is 2.78. The Hall–Kier alpha value is -0.980. The first kappa shape index (κ1) is 13.1. The topological polar surface area (TPSA) is 20.2 Å². The molecule has 0 saturated carbocycles. The Morgan fingerprint density at radius 1 is 1.00 bits per heavy atom. The number of thioether (sulfide) groups is 1. The van der Waals surface area contributed by atoms with Gasteiger partial charge in [-0.25, -0.2) is 0 Å². The molecule has 1 nitrogen and oxygen atoms in total. The average Bonchev–Trinajstić information content (AvgIpc) is 2.15. The fourth-order valence-corrected chi connectivity index (χ4v) is 1.64. The van der Waals surface area contributed by atoms with E-state index in [9.17, 15) is 22.0 Å². The molecular weight excluding hydrogens is 251 g/mol. The number of phenols is 1. The van der Waals surface area contributed by atoms with Crippen molar-refractivity contribution in [1.29, 1.82) is 0 Å². The second kappa shape index (κ2) is 4.48. The lowest BCUT2D eigenvalue weighted by Crippen LogP contribution is -2.38. The molecule has 1 rings (SSSR count). The van der Waals surface area contributed by atoms with Crippen LogP contribution in [0.3, 0.4) is 0 Å². The first-order valence-electron chi connectivity index (χ1n) is 4.09. The lowest BCUT2D eigenvalue weighted by atomic mass is 10.3. The van der Waals surface area contributed by atoms with Gasteiger partial charge in [0.05, 0.1) is 5.75 Å². The van der Waals surface area contributed by atoms with Crippen molar-refractivity contribution in [3.8, 4) is 5.75 Å². The zero-order valence-corrected chi connectivity index (χ0v) is 8.58. The van der Waals surface area contributed by atoms with Gasteiger partial charge in [-0.05, 0) is 24.3 Å². The van der Waals surface area contributed by atoms with E-state index < -0.39 is 17.9 Å². The van der Waals surface area contributed by atoms with Gasteiger partial charge < -0.3 is 5.11 Å². The maximum atomic E-state index is 12.5. The number of phenolic OH excluding ortho intramolecular Hbond substituents is 1. The predicted octanol–water partition coefficient (Wildman–Crippen LogP) is 3.68. The maximum Gasteiger partial charge on any atom is 0.454 e. The van der Waals surface area contributed by atoms with Crippen molar-refractivity contribution in [2.45, 2.75) is 17.0 Å². The summed E-state index contributed by atoms with van der Waals surface area (Å²) in [4.78, 5) is 0.238. The smallest absolute Gasteiger partial charge is 0.454 e. The summed E-state index contributed by atoms with van der Waals surface area (Å²) >= 11 is 0.382. The van der Waals surface area contributed by atoms with Gasteiger partial charge in [-0.15, -0.1) is 11.8 Å². The second-order valence-corrected chi connectivity index (χ2v) is 4.03. The first-order chi connectivity index (χ1) is 7.22. The molecule has 0 heterocycles. The van der Waals surface area contributed by atoms with E-state index in [1.165, 1.54) is 24.3 Å². The normalized spacial score (nSPS) is 12.8. The minimum atomic E-state index is -5.53. The van der Waals surface area contributed by atoms with Gasteiger partial charge in [0.25, 0.3) is 0 Å². The van der Waals surface area contributed by atoms with Gasteiger partial charge in [-0.3, -0.25) is 0 Å². The van der Waals surface area contributed by atoms with E-state index in [0.717, 1.165) is 0 Å². The molecule has 1 aromatic carbocycles. The molecule has 0 amide bonds. The molecule has 0 unspecified atom stereocenters. The van der Waals surface area contributed by atoms with Gasteiger partial charge in [0.15, 0.2) is 0 Å². The second-order valence-electron chi connectivity index (χ2n) is 2.98. The molecule has 1 N–H and O–H groups in total. The molecule has 16 heavy (non-hydrogen) atoms. The molecule has 0 fully saturated rings. The van der Waals surface area contributed by atoms with Gasteiger partial charge in [0.2, 0.25) is 0 Å². The molecule has 0 bridgehead atoms. The lowest BCUT2D eigenvalue weighted by Gasteiger charge is -2.18. The highest BCUT2D eigenvalue weighted by Gasteiger charge is 2.57. The number of rotatable bonds is 3. The van der Waals surface area contributed by atoms with Crippen LogP contribution in [0.15, 0.2) is 29.2 Å². The Kier molecular flexibility index (Phi) is 3.67. The number of halogens is 5. The Bertz CT molecular complexity index is 346. The van der Waals surface area contributed by atoms with Crippen LogP contribution in [-0.4, -0.2) is 23.0 Å². The average molecular weight is 258 g/mol. The SMILES string of the molecule is Oc1ccc(SCC(F)(F)C(F)(F)F)cc1. The minimum Gasteiger partial charge on any atom is -0.508 e. The molecule has 0 aromatic heterocycles. The summed E-state index contributed by atoms with van der Waals surface area (Å²) in [6.07, 6.45) is -5.53. The minimum absolute atomic E-state index is 0.0769. The van der Waals surface area contributed by atoms with Crippen molar-refractivity contribution in [2.24, 2.45) is 0 Å². The summed E-state index contributed by atoms with van der Waals surface area (Å²) in [6.45, 7) is 0. The number of hydrogen-bond acceptors (Lipinski definition) is 2. The largest absolute Gasteiger partial charge is 0.508 e. The zero-order valence-electron chi connectivity index (χ0n) is 7.76. The Balaban J connectivity index is 2.61. The van der Waals surface area contributed by atoms with Crippen LogP contribution in [0.4, 0.5) is 22.0 Å². The maximum absolute atomic E-state index is 12.5. The molecule has 7 heteroatoms. The summed E-state index contributed by atoms with van der Waals surface area (Å²) < 4.78 is 60.4. The summed E-state index contributed by atoms with van der Waals surface area (Å²) in [5.74, 6) is -6.16. The first-order valence-corrected chi connectivity index (χ1v) is 5.07. The third-order valence-electron chi connectivity index (χ3n) is 1.67. The van der Waals surface area contributed by atoms with Crippen LogP contribution < -0.4 is 0 Å². The van der Waals surface area contributed by atoms with Crippen molar-refractivity contribution in [3.63, 3.8) is 0 Å². The van der Waals surface area contributed by atoms with Gasteiger partial charge in [-0.2, -0.15) is 22.0 Å². The van der Waals surface area contributed by atoms with Gasteiger partial charge in [-0.1, -0.05) is 0 Å². The van der Waals surface area contributed by atoms with E-state index in [1.807, 2.05) is 0 Å².